The number of hydrogen-bond donors (Lipinski definition) is 0. The Hall–Kier alpha value is -1.81. The lowest BCUT2D eigenvalue weighted by Gasteiger charge is -2.00. The Balaban J connectivity index is 2.68. The van der Waals surface area contributed by atoms with Crippen molar-refractivity contribution in [1.29, 1.82) is 0 Å². The average molecular weight is 234 g/mol. The van der Waals surface area contributed by atoms with E-state index in [0.29, 0.717) is 16.9 Å². The topological polar surface area (TPSA) is 48.7 Å². The SMILES string of the molecule is COCc1oc2ccc(C)cc2c1C(=O)OC. The lowest BCUT2D eigenvalue weighted by atomic mass is 10.1. The molecule has 0 fully saturated rings. The van der Waals surface area contributed by atoms with Crippen molar-refractivity contribution in [2.24, 2.45) is 0 Å². The number of hydrogen-bond acceptors (Lipinski definition) is 4. The predicted octanol–water partition coefficient (Wildman–Crippen LogP) is 2.67. The molecule has 0 bridgehead atoms. The van der Waals surface area contributed by atoms with Gasteiger partial charge in [0.1, 0.15) is 23.5 Å². The lowest BCUT2D eigenvalue weighted by molar-refractivity contribution is 0.0594. The van der Waals surface area contributed by atoms with Crippen LogP contribution in [0.2, 0.25) is 0 Å². The fourth-order valence-corrected chi connectivity index (χ4v) is 1.82. The van der Waals surface area contributed by atoms with Crippen molar-refractivity contribution in [3.05, 3.63) is 35.1 Å². The van der Waals surface area contributed by atoms with Gasteiger partial charge in [-0.3, -0.25) is 0 Å². The maximum absolute atomic E-state index is 11.8. The summed E-state index contributed by atoms with van der Waals surface area (Å²) in [5.74, 6) is 0.0985. The van der Waals surface area contributed by atoms with Gasteiger partial charge >= 0.3 is 5.97 Å². The van der Waals surface area contributed by atoms with E-state index >= 15 is 0 Å². The van der Waals surface area contributed by atoms with Gasteiger partial charge < -0.3 is 13.9 Å². The van der Waals surface area contributed by atoms with E-state index in [1.165, 1.54) is 7.11 Å². The Morgan fingerprint density at radius 3 is 2.76 bits per heavy atom. The summed E-state index contributed by atoms with van der Waals surface area (Å²) in [5.41, 5.74) is 2.18. The van der Waals surface area contributed by atoms with E-state index in [1.54, 1.807) is 7.11 Å². The zero-order valence-corrected chi connectivity index (χ0v) is 10.1. The molecule has 1 aromatic carbocycles. The van der Waals surface area contributed by atoms with Crippen molar-refractivity contribution in [3.63, 3.8) is 0 Å². The minimum Gasteiger partial charge on any atom is -0.465 e. The molecule has 1 heterocycles. The third-order valence-electron chi connectivity index (χ3n) is 2.58. The summed E-state index contributed by atoms with van der Waals surface area (Å²) in [6, 6.07) is 5.68. The average Bonchev–Trinajstić information content (AvgIpc) is 2.66. The molecule has 0 unspecified atom stereocenters. The van der Waals surface area contributed by atoms with Crippen molar-refractivity contribution in [1.82, 2.24) is 0 Å². The molecule has 0 aliphatic carbocycles. The van der Waals surface area contributed by atoms with Crippen LogP contribution in [0.15, 0.2) is 22.6 Å². The molecule has 0 radical (unpaired) electrons. The van der Waals surface area contributed by atoms with Gasteiger partial charge in [-0.05, 0) is 19.1 Å². The van der Waals surface area contributed by atoms with Crippen LogP contribution in [0.25, 0.3) is 11.0 Å². The van der Waals surface area contributed by atoms with Crippen LogP contribution in [0.1, 0.15) is 21.7 Å². The first-order valence-electron chi connectivity index (χ1n) is 5.26. The Bertz CT molecular complexity index is 554. The molecule has 0 saturated heterocycles. The summed E-state index contributed by atoms with van der Waals surface area (Å²) in [6.07, 6.45) is 0. The van der Waals surface area contributed by atoms with Crippen LogP contribution >= 0.6 is 0 Å². The quantitative estimate of drug-likeness (QED) is 0.766. The first-order valence-corrected chi connectivity index (χ1v) is 5.26. The molecule has 0 N–H and O–H groups in total. The van der Waals surface area contributed by atoms with Gasteiger partial charge in [0.15, 0.2) is 0 Å². The molecule has 4 nitrogen and oxygen atoms in total. The Morgan fingerprint density at radius 2 is 2.12 bits per heavy atom. The second-order valence-corrected chi connectivity index (χ2v) is 3.82. The number of furan rings is 1. The van der Waals surface area contributed by atoms with E-state index in [4.69, 9.17) is 13.9 Å². The highest BCUT2D eigenvalue weighted by atomic mass is 16.5. The summed E-state index contributed by atoms with van der Waals surface area (Å²) in [4.78, 5) is 11.8. The summed E-state index contributed by atoms with van der Waals surface area (Å²) < 4.78 is 15.4. The van der Waals surface area contributed by atoms with Gasteiger partial charge in [0.05, 0.1) is 7.11 Å². The molecule has 0 atom stereocenters. The number of ether oxygens (including phenoxy) is 2. The highest BCUT2D eigenvalue weighted by Gasteiger charge is 2.21. The summed E-state index contributed by atoms with van der Waals surface area (Å²) in [5, 5.41) is 0.768. The number of carbonyl (C=O) groups excluding carboxylic acids is 1. The minimum absolute atomic E-state index is 0.248. The summed E-state index contributed by atoms with van der Waals surface area (Å²) >= 11 is 0. The van der Waals surface area contributed by atoms with E-state index in [-0.39, 0.29) is 6.61 Å². The first kappa shape index (κ1) is 11.7. The van der Waals surface area contributed by atoms with Crippen molar-refractivity contribution < 1.29 is 18.7 Å². The third kappa shape index (κ3) is 2.03. The molecule has 17 heavy (non-hydrogen) atoms. The molecule has 0 saturated carbocycles. The number of aryl methyl sites for hydroxylation is 1. The lowest BCUT2D eigenvalue weighted by Crippen LogP contribution is -2.04. The maximum Gasteiger partial charge on any atom is 0.342 e. The summed E-state index contributed by atoms with van der Waals surface area (Å²) in [6.45, 7) is 2.21. The van der Waals surface area contributed by atoms with E-state index in [0.717, 1.165) is 10.9 Å². The van der Waals surface area contributed by atoms with Crippen molar-refractivity contribution >= 4 is 16.9 Å². The second-order valence-electron chi connectivity index (χ2n) is 3.82. The van der Waals surface area contributed by atoms with Gasteiger partial charge in [-0.25, -0.2) is 4.79 Å². The largest absolute Gasteiger partial charge is 0.465 e. The third-order valence-corrected chi connectivity index (χ3v) is 2.58. The van der Waals surface area contributed by atoms with Crippen molar-refractivity contribution in [2.75, 3.05) is 14.2 Å². The number of benzene rings is 1. The minimum atomic E-state index is -0.401. The van der Waals surface area contributed by atoms with E-state index in [1.807, 2.05) is 25.1 Å². The Morgan fingerprint density at radius 1 is 1.35 bits per heavy atom. The Kier molecular flexibility index (Phi) is 3.15. The fourth-order valence-electron chi connectivity index (χ4n) is 1.82. The van der Waals surface area contributed by atoms with E-state index in [9.17, 15) is 4.79 Å². The predicted molar refractivity (Wildman–Crippen MR) is 63.0 cm³/mol. The number of rotatable bonds is 3. The number of fused-ring (bicyclic) bond motifs is 1. The van der Waals surface area contributed by atoms with Crippen LogP contribution in [0, 0.1) is 6.92 Å². The van der Waals surface area contributed by atoms with Gasteiger partial charge in [0.2, 0.25) is 0 Å². The molecule has 0 spiro atoms. The Labute approximate surface area is 99.1 Å². The second kappa shape index (κ2) is 4.59. The van der Waals surface area contributed by atoms with E-state index in [2.05, 4.69) is 0 Å². The molecule has 0 amide bonds. The number of carbonyl (C=O) groups is 1. The normalized spacial score (nSPS) is 10.8. The van der Waals surface area contributed by atoms with Gasteiger partial charge in [-0.1, -0.05) is 11.6 Å². The first-order chi connectivity index (χ1) is 8.17. The van der Waals surface area contributed by atoms with Gasteiger partial charge in [-0.2, -0.15) is 0 Å². The molecule has 1 aromatic heterocycles. The van der Waals surface area contributed by atoms with Crippen LogP contribution in [-0.4, -0.2) is 20.2 Å². The number of esters is 1. The molecular weight excluding hydrogens is 220 g/mol. The maximum atomic E-state index is 11.8. The molecular formula is C13H14O4. The zero-order valence-electron chi connectivity index (χ0n) is 10.1. The highest BCUT2D eigenvalue weighted by molar-refractivity contribution is 6.04. The van der Waals surface area contributed by atoms with Crippen molar-refractivity contribution in [2.45, 2.75) is 13.5 Å². The van der Waals surface area contributed by atoms with Crippen molar-refractivity contribution in [3.8, 4) is 0 Å². The van der Waals surface area contributed by atoms with Crippen LogP contribution in [0.5, 0.6) is 0 Å². The molecule has 0 aliphatic heterocycles. The van der Waals surface area contributed by atoms with Gasteiger partial charge in [-0.15, -0.1) is 0 Å². The van der Waals surface area contributed by atoms with Crippen LogP contribution in [-0.2, 0) is 16.1 Å². The molecule has 90 valence electrons. The molecule has 2 rings (SSSR count). The smallest absolute Gasteiger partial charge is 0.342 e. The fraction of sp³-hybridized carbons (Fsp3) is 0.308. The highest BCUT2D eigenvalue weighted by Crippen LogP contribution is 2.28. The van der Waals surface area contributed by atoms with E-state index < -0.39 is 5.97 Å². The molecule has 4 heteroatoms. The summed E-state index contributed by atoms with van der Waals surface area (Å²) in [7, 11) is 2.91. The molecule has 2 aromatic rings. The van der Waals surface area contributed by atoms with Crippen LogP contribution in [0.3, 0.4) is 0 Å². The van der Waals surface area contributed by atoms with Crippen LogP contribution in [0.4, 0.5) is 0 Å². The monoisotopic (exact) mass is 234 g/mol. The number of methoxy groups -OCH3 is 2. The van der Waals surface area contributed by atoms with Gasteiger partial charge in [0.25, 0.3) is 0 Å². The standard InChI is InChI=1S/C13H14O4/c1-8-4-5-10-9(6-8)12(13(14)16-3)11(17-10)7-15-2/h4-6H,7H2,1-3H3. The molecule has 0 aliphatic rings. The zero-order chi connectivity index (χ0) is 12.4. The van der Waals surface area contributed by atoms with Crippen LogP contribution < -0.4 is 0 Å². The van der Waals surface area contributed by atoms with Gasteiger partial charge in [0, 0.05) is 12.5 Å².